The van der Waals surface area contributed by atoms with E-state index in [-0.39, 0.29) is 16.8 Å². The number of aliphatic hydroxyl groups is 1. The first-order valence-corrected chi connectivity index (χ1v) is 10.9. The number of nitrogens with zero attached hydrogens (tertiary/aromatic N) is 6. The molecule has 0 aliphatic heterocycles. The van der Waals surface area contributed by atoms with Crippen LogP contribution in [0.4, 0.5) is 10.1 Å². The van der Waals surface area contributed by atoms with Gasteiger partial charge in [0.2, 0.25) is 0 Å². The summed E-state index contributed by atoms with van der Waals surface area (Å²) in [5, 5.41) is 25.4. The number of carbonyl (C=O) groups is 1. The molecule has 2 fully saturated rings. The highest BCUT2D eigenvalue weighted by molar-refractivity contribution is 6.31. The molecule has 3 aromatic rings. The molecule has 2 aliphatic rings. The van der Waals surface area contributed by atoms with Crippen LogP contribution >= 0.6 is 11.6 Å². The minimum Gasteiger partial charge on any atom is -0.382 e. The van der Waals surface area contributed by atoms with Crippen LogP contribution in [-0.4, -0.2) is 40.8 Å². The largest absolute Gasteiger partial charge is 0.382 e. The summed E-state index contributed by atoms with van der Waals surface area (Å²) in [6.07, 6.45) is 4.48. The van der Waals surface area contributed by atoms with Crippen LogP contribution in [-0.2, 0) is 19.7 Å². The fourth-order valence-electron chi connectivity index (χ4n) is 5.48. The Labute approximate surface area is 188 Å². The van der Waals surface area contributed by atoms with E-state index in [9.17, 15) is 14.3 Å². The van der Waals surface area contributed by atoms with Crippen molar-refractivity contribution in [2.24, 2.45) is 25.9 Å². The third-order valence-electron chi connectivity index (χ3n) is 6.82. The Morgan fingerprint density at radius 1 is 1.28 bits per heavy atom. The molecule has 2 N–H and O–H groups in total. The number of aryl methyl sites for hydroxylation is 2. The first kappa shape index (κ1) is 21.0. The minimum absolute atomic E-state index is 0.0535. The van der Waals surface area contributed by atoms with E-state index in [1.165, 1.54) is 22.9 Å². The topological polar surface area (TPSA) is 111 Å². The van der Waals surface area contributed by atoms with Crippen molar-refractivity contribution in [3.63, 3.8) is 0 Å². The van der Waals surface area contributed by atoms with Crippen molar-refractivity contribution >= 4 is 23.2 Å². The maximum atomic E-state index is 13.4. The van der Waals surface area contributed by atoms with Gasteiger partial charge in [-0.3, -0.25) is 4.79 Å². The lowest BCUT2D eigenvalue weighted by Gasteiger charge is -2.22. The van der Waals surface area contributed by atoms with E-state index in [0.29, 0.717) is 41.9 Å². The molecule has 2 heterocycles. The molecule has 2 unspecified atom stereocenters. The molecule has 1 amide bonds. The lowest BCUT2D eigenvalue weighted by Crippen LogP contribution is -2.27. The molecule has 1 aromatic carbocycles. The fourth-order valence-corrected chi connectivity index (χ4v) is 5.66. The summed E-state index contributed by atoms with van der Waals surface area (Å²) < 4.78 is 16.7. The van der Waals surface area contributed by atoms with E-state index < -0.39 is 11.4 Å². The van der Waals surface area contributed by atoms with Crippen LogP contribution in [0, 0.1) is 17.7 Å². The number of benzene rings is 1. The van der Waals surface area contributed by atoms with Crippen molar-refractivity contribution in [2.45, 2.75) is 37.2 Å². The summed E-state index contributed by atoms with van der Waals surface area (Å²) in [6.45, 7) is 0. The van der Waals surface area contributed by atoms with Gasteiger partial charge < -0.3 is 15.0 Å². The summed E-state index contributed by atoms with van der Waals surface area (Å²) >= 11 is 5.83. The summed E-state index contributed by atoms with van der Waals surface area (Å²) in [6, 6.07) is 4.07. The zero-order valence-electron chi connectivity index (χ0n) is 17.7. The number of halogens is 2. The molecule has 0 bridgehead atoms. The summed E-state index contributed by atoms with van der Waals surface area (Å²) in [5.74, 6) is 0.359. The van der Waals surface area contributed by atoms with Crippen molar-refractivity contribution in [3.05, 3.63) is 52.6 Å². The highest BCUT2D eigenvalue weighted by Crippen LogP contribution is 2.56. The van der Waals surface area contributed by atoms with Gasteiger partial charge in [-0.15, -0.1) is 5.10 Å². The van der Waals surface area contributed by atoms with Gasteiger partial charge in [-0.1, -0.05) is 11.6 Å². The van der Waals surface area contributed by atoms with Crippen molar-refractivity contribution in [1.29, 1.82) is 0 Å². The first-order valence-electron chi connectivity index (χ1n) is 10.5. The van der Waals surface area contributed by atoms with E-state index in [1.54, 1.807) is 25.0 Å². The lowest BCUT2D eigenvalue weighted by molar-refractivity contribution is 0.0217. The fraction of sp³-hybridized carbons (Fsp3) is 0.476. The molecular formula is C21H23ClFN7O2. The van der Waals surface area contributed by atoms with Gasteiger partial charge in [-0.05, 0) is 66.1 Å². The van der Waals surface area contributed by atoms with Crippen LogP contribution < -0.4 is 5.32 Å². The molecule has 0 spiro atoms. The van der Waals surface area contributed by atoms with Crippen LogP contribution in [0.25, 0.3) is 0 Å². The molecule has 2 saturated carbocycles. The second-order valence-electron chi connectivity index (χ2n) is 8.93. The molecule has 5 rings (SSSR count). The van der Waals surface area contributed by atoms with Crippen LogP contribution in [0.3, 0.4) is 0 Å². The van der Waals surface area contributed by atoms with Gasteiger partial charge in [0, 0.05) is 25.7 Å². The molecule has 168 valence electrons. The van der Waals surface area contributed by atoms with Crippen LogP contribution in [0.15, 0.2) is 24.5 Å². The molecule has 2 aromatic heterocycles. The normalized spacial score (nSPS) is 27.0. The summed E-state index contributed by atoms with van der Waals surface area (Å²) in [4.78, 5) is 17.6. The number of rotatable bonds is 4. The third-order valence-corrected chi connectivity index (χ3v) is 7.11. The number of hydrogen-bond donors (Lipinski definition) is 2. The number of hydrogen-bond acceptors (Lipinski definition) is 6. The number of anilines is 1. The van der Waals surface area contributed by atoms with Crippen molar-refractivity contribution in [2.75, 3.05) is 5.32 Å². The zero-order valence-corrected chi connectivity index (χ0v) is 18.4. The quantitative estimate of drug-likeness (QED) is 0.620. The molecular weight excluding hydrogens is 437 g/mol. The smallest absolute Gasteiger partial charge is 0.274 e. The van der Waals surface area contributed by atoms with E-state index in [2.05, 4.69) is 25.8 Å². The van der Waals surface area contributed by atoms with Gasteiger partial charge in [0.05, 0.1) is 17.0 Å². The number of fused-ring (bicyclic) bond motifs is 1. The van der Waals surface area contributed by atoms with Gasteiger partial charge in [0.15, 0.2) is 5.82 Å². The van der Waals surface area contributed by atoms with Gasteiger partial charge in [0.1, 0.15) is 17.1 Å². The van der Waals surface area contributed by atoms with E-state index >= 15 is 0 Å². The van der Waals surface area contributed by atoms with Gasteiger partial charge in [-0.2, -0.15) is 0 Å². The Balaban J connectivity index is 1.33. The standard InChI is InChI=1S/C21H23ClFN7O2/c1-29-10-24-17(18(29)19(31)25-14-3-4-16(23)15(22)7-14)11-5-12-8-21(32,9-13(12)6-11)20-26-27-28-30(20)2/h3-4,7,10-13,32H,5-6,8-9H2,1-2H3,(H,25,31). The number of imidazole rings is 1. The number of carbonyl (C=O) groups excluding carboxylic acids is 1. The molecule has 0 saturated heterocycles. The number of amides is 1. The monoisotopic (exact) mass is 459 g/mol. The SMILES string of the molecule is Cn1cnc(C2CC3CC(O)(c4nnnn4C)CC3C2)c1C(=O)Nc1ccc(F)c(Cl)c1. The average molecular weight is 460 g/mol. The van der Waals surface area contributed by atoms with Crippen molar-refractivity contribution in [1.82, 2.24) is 29.8 Å². The second kappa shape index (κ2) is 7.63. The van der Waals surface area contributed by atoms with Crippen LogP contribution in [0.1, 0.15) is 53.6 Å². The number of nitrogens with one attached hydrogen (secondary N) is 1. The number of aromatic nitrogens is 6. The second-order valence-corrected chi connectivity index (χ2v) is 9.33. The van der Waals surface area contributed by atoms with Crippen molar-refractivity contribution < 1.29 is 14.3 Å². The molecule has 2 aliphatic carbocycles. The highest BCUT2D eigenvalue weighted by atomic mass is 35.5. The third kappa shape index (κ3) is 3.47. The Morgan fingerprint density at radius 3 is 2.62 bits per heavy atom. The van der Waals surface area contributed by atoms with Gasteiger partial charge in [-0.25, -0.2) is 14.1 Å². The van der Waals surface area contributed by atoms with Crippen LogP contribution in [0.2, 0.25) is 5.02 Å². The van der Waals surface area contributed by atoms with Gasteiger partial charge >= 0.3 is 0 Å². The van der Waals surface area contributed by atoms with Crippen molar-refractivity contribution in [3.8, 4) is 0 Å². The molecule has 2 atom stereocenters. The summed E-state index contributed by atoms with van der Waals surface area (Å²) in [5.41, 5.74) is 0.615. The maximum absolute atomic E-state index is 13.4. The predicted octanol–water partition coefficient (Wildman–Crippen LogP) is 2.78. The Hall–Kier alpha value is -2.85. The average Bonchev–Trinajstić information content (AvgIpc) is 3.47. The number of tetrazole rings is 1. The molecule has 11 heteroatoms. The van der Waals surface area contributed by atoms with Gasteiger partial charge in [0.25, 0.3) is 5.91 Å². The van der Waals surface area contributed by atoms with E-state index in [0.717, 1.165) is 18.5 Å². The Morgan fingerprint density at radius 2 is 2.00 bits per heavy atom. The predicted molar refractivity (Wildman–Crippen MR) is 113 cm³/mol. The Bertz CT molecular complexity index is 1180. The highest BCUT2D eigenvalue weighted by Gasteiger charge is 2.52. The van der Waals surface area contributed by atoms with E-state index in [1.807, 2.05) is 0 Å². The van der Waals surface area contributed by atoms with E-state index in [4.69, 9.17) is 11.6 Å². The first-order chi connectivity index (χ1) is 15.2. The molecule has 9 nitrogen and oxygen atoms in total. The van der Waals surface area contributed by atoms with Crippen LogP contribution in [0.5, 0.6) is 0 Å². The molecule has 0 radical (unpaired) electrons. The molecule has 32 heavy (non-hydrogen) atoms. The minimum atomic E-state index is -1.02. The lowest BCUT2D eigenvalue weighted by atomic mass is 9.91. The summed E-state index contributed by atoms with van der Waals surface area (Å²) in [7, 11) is 3.51. The maximum Gasteiger partial charge on any atom is 0.274 e. The Kier molecular flexibility index (Phi) is 5.01. The zero-order chi connectivity index (χ0) is 22.6.